The van der Waals surface area contributed by atoms with Crippen LogP contribution in [-0.4, -0.2) is 60.7 Å². The molecule has 0 fully saturated rings. The average Bonchev–Trinajstić information content (AvgIpc) is 3.42. The number of aryl methyl sites for hydroxylation is 1. The van der Waals surface area contributed by atoms with Crippen molar-refractivity contribution in [3.8, 4) is 17.0 Å². The second-order valence-electron chi connectivity index (χ2n) is 17.6. The molecule has 1 aromatic heterocycles. The number of rotatable bonds is 14. The quantitative estimate of drug-likeness (QED) is 0.0694. The minimum absolute atomic E-state index is 0.0124. The maximum atomic E-state index is 15.2. The van der Waals surface area contributed by atoms with E-state index in [1.165, 1.54) is 35.9 Å². The molecule has 0 aliphatic carbocycles. The Morgan fingerprint density at radius 2 is 1.18 bits per heavy atom. The highest BCUT2D eigenvalue weighted by Gasteiger charge is 2.43. The van der Waals surface area contributed by atoms with Gasteiger partial charge in [-0.3, -0.25) is 4.79 Å². The Bertz CT molecular complexity index is 2120. The van der Waals surface area contributed by atoms with Crippen molar-refractivity contribution >= 4 is 40.2 Å². The van der Waals surface area contributed by atoms with Crippen molar-refractivity contribution in [2.45, 2.75) is 121 Å². The van der Waals surface area contributed by atoms with E-state index in [1.54, 1.807) is 36.4 Å². The number of sulfonamides is 2. The standard InChI is InChI=1S/C42H59N3O8S2Si/c1-30-14-16-32(17-15-30)37-38(52-29-28-51-31(2)46)43-44(26-27-53-56(12,13)42(9,10)11)39(37)45(54(47,48)35-22-18-33(19-23-35)40(3,4)5)55(49,50)36-24-20-34(21-25-36)41(6,7)8/h14-25H,26-29H2,1-13H3. The van der Waals surface area contributed by atoms with Gasteiger partial charge in [-0.05, 0) is 76.8 Å². The summed E-state index contributed by atoms with van der Waals surface area (Å²) in [6.07, 6.45) is 0. The van der Waals surface area contributed by atoms with Crippen molar-refractivity contribution in [1.82, 2.24) is 9.78 Å². The summed E-state index contributed by atoms with van der Waals surface area (Å²) < 4.78 is 80.5. The summed E-state index contributed by atoms with van der Waals surface area (Å²) in [6.45, 7) is 25.6. The number of carbonyl (C=O) groups is 1. The Hall–Kier alpha value is -3.98. The van der Waals surface area contributed by atoms with Gasteiger partial charge in [0.1, 0.15) is 13.2 Å². The van der Waals surface area contributed by atoms with E-state index in [0.717, 1.165) is 16.7 Å². The largest absolute Gasteiger partial charge is 0.472 e. The van der Waals surface area contributed by atoms with Gasteiger partial charge >= 0.3 is 5.97 Å². The molecule has 306 valence electrons. The minimum atomic E-state index is -4.89. The number of esters is 1. The first-order valence-corrected chi connectivity index (χ1v) is 24.6. The van der Waals surface area contributed by atoms with Crippen LogP contribution in [0.5, 0.6) is 5.88 Å². The average molecular weight is 826 g/mol. The molecule has 14 heteroatoms. The summed E-state index contributed by atoms with van der Waals surface area (Å²) >= 11 is 0. The lowest BCUT2D eigenvalue weighted by Gasteiger charge is -2.36. The number of nitrogens with zero attached hydrogens (tertiary/aromatic N) is 3. The van der Waals surface area contributed by atoms with Crippen LogP contribution in [0.25, 0.3) is 11.1 Å². The fourth-order valence-electron chi connectivity index (χ4n) is 5.58. The van der Waals surface area contributed by atoms with Crippen molar-refractivity contribution in [3.05, 3.63) is 89.5 Å². The van der Waals surface area contributed by atoms with Crippen LogP contribution in [-0.2, 0) is 51.4 Å². The molecular formula is C42H59N3O8S2Si. The maximum Gasteiger partial charge on any atom is 0.302 e. The van der Waals surface area contributed by atoms with E-state index in [0.29, 0.717) is 9.27 Å². The van der Waals surface area contributed by atoms with Gasteiger partial charge in [0.25, 0.3) is 20.0 Å². The minimum Gasteiger partial charge on any atom is -0.472 e. The molecule has 0 saturated carbocycles. The zero-order valence-corrected chi connectivity index (χ0v) is 37.8. The smallest absolute Gasteiger partial charge is 0.302 e. The molecule has 3 aromatic carbocycles. The van der Waals surface area contributed by atoms with E-state index < -0.39 is 34.3 Å². The summed E-state index contributed by atoms with van der Waals surface area (Å²) in [7, 11) is -12.1. The first kappa shape index (κ1) is 44.7. The molecule has 56 heavy (non-hydrogen) atoms. The van der Waals surface area contributed by atoms with Gasteiger partial charge in [0.15, 0.2) is 14.1 Å². The lowest BCUT2D eigenvalue weighted by Crippen LogP contribution is -2.42. The number of carbonyl (C=O) groups excluding carboxylic acids is 1. The summed E-state index contributed by atoms with van der Waals surface area (Å²) in [5.74, 6) is -0.778. The highest BCUT2D eigenvalue weighted by atomic mass is 32.3. The molecule has 0 aliphatic rings. The van der Waals surface area contributed by atoms with E-state index in [4.69, 9.17) is 19.0 Å². The van der Waals surface area contributed by atoms with Crippen LogP contribution >= 0.6 is 0 Å². The number of hydrogen-bond donors (Lipinski definition) is 0. The Morgan fingerprint density at radius 1 is 0.714 bits per heavy atom. The molecule has 0 radical (unpaired) electrons. The first-order chi connectivity index (χ1) is 25.7. The van der Waals surface area contributed by atoms with Gasteiger partial charge in [0.05, 0.1) is 28.5 Å². The van der Waals surface area contributed by atoms with Gasteiger partial charge < -0.3 is 13.9 Å². The Labute approximate surface area is 335 Å². The maximum absolute atomic E-state index is 15.2. The molecule has 0 bridgehead atoms. The van der Waals surface area contributed by atoms with Crippen LogP contribution in [0.3, 0.4) is 0 Å². The van der Waals surface area contributed by atoms with Crippen LogP contribution in [0.2, 0.25) is 18.1 Å². The first-order valence-electron chi connectivity index (χ1n) is 18.8. The van der Waals surface area contributed by atoms with Crippen LogP contribution in [0.15, 0.2) is 82.6 Å². The van der Waals surface area contributed by atoms with Crippen LogP contribution in [0.1, 0.15) is 85.9 Å². The third-order valence-electron chi connectivity index (χ3n) is 10.1. The van der Waals surface area contributed by atoms with Gasteiger partial charge in [-0.2, -0.15) is 16.8 Å². The molecule has 0 unspecified atom stereocenters. The van der Waals surface area contributed by atoms with Crippen molar-refractivity contribution in [3.63, 3.8) is 0 Å². The second kappa shape index (κ2) is 16.5. The van der Waals surface area contributed by atoms with Gasteiger partial charge in [-0.25, -0.2) is 4.68 Å². The molecule has 11 nitrogen and oxygen atoms in total. The molecule has 0 amide bonds. The van der Waals surface area contributed by atoms with E-state index in [1.807, 2.05) is 60.6 Å². The van der Waals surface area contributed by atoms with Crippen LogP contribution < -0.4 is 8.45 Å². The molecule has 4 rings (SSSR count). The number of anilines is 1. The second-order valence-corrected chi connectivity index (χ2v) is 26.3. The van der Waals surface area contributed by atoms with Gasteiger partial charge in [0.2, 0.25) is 5.88 Å². The third-order valence-corrected chi connectivity index (χ3v) is 18.7. The molecule has 0 N–H and O–H groups in total. The molecular weight excluding hydrogens is 767 g/mol. The summed E-state index contributed by atoms with van der Waals surface area (Å²) in [6, 6.07) is 19.7. The van der Waals surface area contributed by atoms with Gasteiger partial charge in [-0.15, -0.1) is 8.81 Å². The lowest BCUT2D eigenvalue weighted by atomic mass is 9.87. The van der Waals surface area contributed by atoms with E-state index >= 15 is 16.8 Å². The van der Waals surface area contributed by atoms with E-state index in [2.05, 4.69) is 33.9 Å². The Kier molecular flexibility index (Phi) is 13.2. The predicted octanol–water partition coefficient (Wildman–Crippen LogP) is 9.00. The molecule has 0 aliphatic heterocycles. The molecule has 0 spiro atoms. The molecule has 0 atom stereocenters. The normalized spacial score (nSPS) is 13.1. The Balaban J connectivity index is 2.09. The highest BCUT2D eigenvalue weighted by molar-refractivity contribution is 8.10. The number of benzene rings is 3. The predicted molar refractivity (Wildman–Crippen MR) is 225 cm³/mol. The summed E-state index contributed by atoms with van der Waals surface area (Å²) in [5, 5.41) is 4.62. The van der Waals surface area contributed by atoms with Crippen molar-refractivity contribution in [2.75, 3.05) is 23.5 Å². The molecule has 1 heterocycles. The van der Waals surface area contributed by atoms with Crippen LogP contribution in [0, 0.1) is 6.92 Å². The van der Waals surface area contributed by atoms with Gasteiger partial charge in [0, 0.05) is 6.92 Å². The Morgan fingerprint density at radius 3 is 1.59 bits per heavy atom. The van der Waals surface area contributed by atoms with Crippen molar-refractivity contribution in [1.29, 1.82) is 0 Å². The highest BCUT2D eigenvalue weighted by Crippen LogP contribution is 2.44. The molecule has 0 saturated heterocycles. The monoisotopic (exact) mass is 825 g/mol. The summed E-state index contributed by atoms with van der Waals surface area (Å²) in [5.41, 5.74) is 2.69. The summed E-state index contributed by atoms with van der Waals surface area (Å²) in [4.78, 5) is 11.1. The SMILES string of the molecule is CC(=O)OCCOc1nn(CCO[Si](C)(C)C(C)(C)C)c(N(S(=O)(=O)c2ccc(C(C)(C)C)cc2)S(=O)(=O)c2ccc(C(C)(C)C)cc2)c1-c1ccc(C)cc1. The fraction of sp³-hybridized carbons (Fsp3) is 0.476. The molecule has 4 aromatic rings. The van der Waals surface area contributed by atoms with E-state index in [9.17, 15) is 4.79 Å². The van der Waals surface area contributed by atoms with Crippen molar-refractivity contribution < 1.29 is 35.5 Å². The van der Waals surface area contributed by atoms with Crippen molar-refractivity contribution in [2.24, 2.45) is 0 Å². The zero-order chi connectivity index (χ0) is 42.1. The number of hydrogen-bond acceptors (Lipinski definition) is 9. The zero-order valence-electron chi connectivity index (χ0n) is 35.2. The lowest BCUT2D eigenvalue weighted by molar-refractivity contribution is -0.141. The number of ether oxygens (including phenoxy) is 2. The fourth-order valence-corrected chi connectivity index (χ4v) is 10.3. The topological polar surface area (TPSA) is 134 Å². The number of aromatic nitrogens is 2. The van der Waals surface area contributed by atoms with Gasteiger partial charge in [-0.1, -0.05) is 116 Å². The third kappa shape index (κ3) is 10.1. The van der Waals surface area contributed by atoms with Crippen LogP contribution in [0.4, 0.5) is 5.82 Å². The van der Waals surface area contributed by atoms with E-state index in [-0.39, 0.29) is 69.3 Å².